The zero-order chi connectivity index (χ0) is 14.2. The van der Waals surface area contributed by atoms with Crippen molar-refractivity contribution >= 4 is 11.8 Å². The fourth-order valence-corrected chi connectivity index (χ4v) is 2.67. The predicted molar refractivity (Wildman–Crippen MR) is 89.4 cm³/mol. The molecule has 0 saturated carbocycles. The smallest absolute Gasteiger partial charge is 0.0291 e. The van der Waals surface area contributed by atoms with Crippen LogP contribution in [0.15, 0.2) is 59.5 Å². The third-order valence-corrected chi connectivity index (χ3v) is 4.29. The summed E-state index contributed by atoms with van der Waals surface area (Å²) in [5.41, 5.74) is 2.79. The van der Waals surface area contributed by atoms with E-state index < -0.39 is 0 Å². The van der Waals surface area contributed by atoms with Crippen molar-refractivity contribution in [3.05, 3.63) is 65.7 Å². The zero-order valence-electron chi connectivity index (χ0n) is 12.3. The molecule has 0 saturated heterocycles. The molecule has 1 atom stereocenters. The normalized spacial score (nSPS) is 12.3. The molecule has 0 aliphatic carbocycles. The Kier molecular flexibility index (Phi) is 6.16. The number of thioether (sulfide) groups is 1. The zero-order valence-corrected chi connectivity index (χ0v) is 13.1. The molecule has 0 spiro atoms. The summed E-state index contributed by atoms with van der Waals surface area (Å²) >= 11 is 1.79. The average Bonchev–Trinajstić information content (AvgIpc) is 2.52. The summed E-state index contributed by atoms with van der Waals surface area (Å²) in [6.07, 6.45) is 4.43. The van der Waals surface area contributed by atoms with Crippen molar-refractivity contribution < 1.29 is 0 Å². The molecule has 0 heterocycles. The standard InChI is InChI=1S/C18H23NS/c1-15(17-10-12-18(20-2)13-11-17)19-14-6-9-16-7-4-3-5-8-16/h3-5,7-8,10-13,15,19H,6,9,14H2,1-2H3. The Labute approximate surface area is 126 Å². The number of nitrogens with one attached hydrogen (secondary N) is 1. The van der Waals surface area contributed by atoms with Crippen LogP contribution in [0.4, 0.5) is 0 Å². The summed E-state index contributed by atoms with van der Waals surface area (Å²) in [6.45, 7) is 3.29. The minimum atomic E-state index is 0.418. The van der Waals surface area contributed by atoms with Crippen LogP contribution in [0.25, 0.3) is 0 Å². The van der Waals surface area contributed by atoms with Gasteiger partial charge in [-0.3, -0.25) is 0 Å². The Hall–Kier alpha value is -1.25. The Morgan fingerprint density at radius 1 is 1.00 bits per heavy atom. The number of hydrogen-bond donors (Lipinski definition) is 1. The summed E-state index contributed by atoms with van der Waals surface area (Å²) in [5, 5.41) is 3.60. The summed E-state index contributed by atoms with van der Waals surface area (Å²) < 4.78 is 0. The van der Waals surface area contributed by atoms with Gasteiger partial charge in [0.05, 0.1) is 0 Å². The molecule has 1 unspecified atom stereocenters. The fraction of sp³-hybridized carbons (Fsp3) is 0.333. The fourth-order valence-electron chi connectivity index (χ4n) is 2.27. The molecule has 20 heavy (non-hydrogen) atoms. The molecule has 0 aliphatic rings. The van der Waals surface area contributed by atoms with E-state index in [1.54, 1.807) is 11.8 Å². The molecule has 2 heteroatoms. The molecule has 2 rings (SSSR count). The van der Waals surface area contributed by atoms with E-state index in [9.17, 15) is 0 Å². The number of rotatable bonds is 7. The van der Waals surface area contributed by atoms with Crippen molar-refractivity contribution in [2.24, 2.45) is 0 Å². The Balaban J connectivity index is 1.73. The molecule has 106 valence electrons. The minimum absolute atomic E-state index is 0.418. The van der Waals surface area contributed by atoms with Crippen LogP contribution in [0.2, 0.25) is 0 Å². The Morgan fingerprint density at radius 2 is 1.70 bits per heavy atom. The van der Waals surface area contributed by atoms with Gasteiger partial charge in [0, 0.05) is 10.9 Å². The highest BCUT2D eigenvalue weighted by atomic mass is 32.2. The molecule has 0 aromatic heterocycles. The first-order valence-electron chi connectivity index (χ1n) is 7.21. The quantitative estimate of drug-likeness (QED) is 0.585. The van der Waals surface area contributed by atoms with Gasteiger partial charge in [0.2, 0.25) is 0 Å². The van der Waals surface area contributed by atoms with Gasteiger partial charge < -0.3 is 5.32 Å². The van der Waals surface area contributed by atoms with E-state index in [0.29, 0.717) is 6.04 Å². The van der Waals surface area contributed by atoms with Gasteiger partial charge in [-0.15, -0.1) is 11.8 Å². The van der Waals surface area contributed by atoms with Crippen molar-refractivity contribution in [1.29, 1.82) is 0 Å². The Morgan fingerprint density at radius 3 is 2.35 bits per heavy atom. The maximum Gasteiger partial charge on any atom is 0.0291 e. The number of benzene rings is 2. The average molecular weight is 285 g/mol. The first-order valence-corrected chi connectivity index (χ1v) is 8.43. The molecule has 1 N–H and O–H groups in total. The van der Waals surface area contributed by atoms with Crippen molar-refractivity contribution in [2.75, 3.05) is 12.8 Å². The summed E-state index contributed by atoms with van der Waals surface area (Å²) in [5.74, 6) is 0. The molecule has 1 nitrogen and oxygen atoms in total. The minimum Gasteiger partial charge on any atom is -0.310 e. The van der Waals surface area contributed by atoms with Gasteiger partial charge in [0.25, 0.3) is 0 Å². The van der Waals surface area contributed by atoms with Crippen molar-refractivity contribution in [3.63, 3.8) is 0 Å². The van der Waals surface area contributed by atoms with Crippen LogP contribution in [0.5, 0.6) is 0 Å². The first-order chi connectivity index (χ1) is 9.79. The maximum atomic E-state index is 3.60. The van der Waals surface area contributed by atoms with Crippen LogP contribution in [0.3, 0.4) is 0 Å². The molecular weight excluding hydrogens is 262 g/mol. The lowest BCUT2D eigenvalue weighted by atomic mass is 10.1. The number of hydrogen-bond acceptors (Lipinski definition) is 2. The highest BCUT2D eigenvalue weighted by Gasteiger charge is 2.04. The summed E-state index contributed by atoms with van der Waals surface area (Å²) in [6, 6.07) is 19.9. The van der Waals surface area contributed by atoms with Gasteiger partial charge in [-0.1, -0.05) is 42.5 Å². The molecule has 2 aromatic rings. The second-order valence-electron chi connectivity index (χ2n) is 5.04. The summed E-state index contributed by atoms with van der Waals surface area (Å²) in [4.78, 5) is 1.32. The molecule has 0 amide bonds. The van der Waals surface area contributed by atoms with E-state index >= 15 is 0 Å². The molecule has 0 bridgehead atoms. The third kappa shape index (κ3) is 4.69. The van der Waals surface area contributed by atoms with Crippen molar-refractivity contribution in [2.45, 2.75) is 30.7 Å². The topological polar surface area (TPSA) is 12.0 Å². The maximum absolute atomic E-state index is 3.60. The second-order valence-corrected chi connectivity index (χ2v) is 5.92. The van der Waals surface area contributed by atoms with E-state index in [1.807, 2.05) is 0 Å². The van der Waals surface area contributed by atoms with Gasteiger partial charge in [-0.25, -0.2) is 0 Å². The first kappa shape index (κ1) is 15.1. The van der Waals surface area contributed by atoms with Gasteiger partial charge in [0.15, 0.2) is 0 Å². The molecule has 2 aromatic carbocycles. The molecule has 0 fully saturated rings. The second kappa shape index (κ2) is 8.13. The lowest BCUT2D eigenvalue weighted by molar-refractivity contribution is 0.558. The van der Waals surface area contributed by atoms with E-state index in [2.05, 4.69) is 73.1 Å². The van der Waals surface area contributed by atoms with Crippen LogP contribution < -0.4 is 5.32 Å². The highest BCUT2D eigenvalue weighted by Crippen LogP contribution is 2.18. The largest absolute Gasteiger partial charge is 0.310 e. The highest BCUT2D eigenvalue weighted by molar-refractivity contribution is 7.98. The molecule has 0 radical (unpaired) electrons. The van der Waals surface area contributed by atoms with Crippen LogP contribution >= 0.6 is 11.8 Å². The van der Waals surface area contributed by atoms with Crippen LogP contribution in [0, 0.1) is 0 Å². The number of aryl methyl sites for hydroxylation is 1. The van der Waals surface area contributed by atoms with Crippen LogP contribution in [0.1, 0.15) is 30.5 Å². The van der Waals surface area contributed by atoms with E-state index in [-0.39, 0.29) is 0 Å². The van der Waals surface area contributed by atoms with Gasteiger partial charge >= 0.3 is 0 Å². The van der Waals surface area contributed by atoms with Crippen molar-refractivity contribution in [1.82, 2.24) is 5.32 Å². The van der Waals surface area contributed by atoms with Crippen LogP contribution in [-0.2, 0) is 6.42 Å². The lowest BCUT2D eigenvalue weighted by Gasteiger charge is -2.14. The van der Waals surface area contributed by atoms with Crippen LogP contribution in [-0.4, -0.2) is 12.8 Å². The molecular formula is C18H23NS. The predicted octanol–water partition coefficient (Wildman–Crippen LogP) is 4.69. The lowest BCUT2D eigenvalue weighted by Crippen LogP contribution is -2.20. The van der Waals surface area contributed by atoms with E-state index in [0.717, 1.165) is 13.0 Å². The third-order valence-electron chi connectivity index (χ3n) is 3.55. The van der Waals surface area contributed by atoms with Gasteiger partial charge in [0.1, 0.15) is 0 Å². The molecule has 0 aliphatic heterocycles. The SMILES string of the molecule is CSc1ccc(C(C)NCCCc2ccccc2)cc1. The monoisotopic (exact) mass is 285 g/mol. The summed E-state index contributed by atoms with van der Waals surface area (Å²) in [7, 11) is 0. The van der Waals surface area contributed by atoms with Gasteiger partial charge in [-0.05, 0) is 55.8 Å². The van der Waals surface area contributed by atoms with Gasteiger partial charge in [-0.2, -0.15) is 0 Å². The van der Waals surface area contributed by atoms with E-state index in [4.69, 9.17) is 0 Å². The van der Waals surface area contributed by atoms with Crippen molar-refractivity contribution in [3.8, 4) is 0 Å². The Bertz CT molecular complexity index is 493. The van der Waals surface area contributed by atoms with E-state index in [1.165, 1.54) is 22.4 Å².